The molecule has 0 aliphatic carbocycles. The van der Waals surface area contributed by atoms with Crippen molar-refractivity contribution in [2.24, 2.45) is 0 Å². The summed E-state index contributed by atoms with van der Waals surface area (Å²) in [6.45, 7) is 1.79. The normalized spacial score (nSPS) is 11.8. The van der Waals surface area contributed by atoms with E-state index in [2.05, 4.69) is 5.32 Å². The van der Waals surface area contributed by atoms with Gasteiger partial charge in [-0.2, -0.15) is 0 Å². The quantitative estimate of drug-likeness (QED) is 0.660. The van der Waals surface area contributed by atoms with Crippen molar-refractivity contribution in [3.8, 4) is 0 Å². The molecule has 4 nitrogen and oxygen atoms in total. The molecule has 0 bridgehead atoms. The summed E-state index contributed by atoms with van der Waals surface area (Å²) >= 11 is 18.6. The minimum Gasteiger partial charge on any atom is -0.357 e. The Balaban J connectivity index is 2.42. The third-order valence-corrected chi connectivity index (χ3v) is 5.47. The van der Waals surface area contributed by atoms with Crippen LogP contribution in [0, 0.1) is 5.82 Å². The van der Waals surface area contributed by atoms with Gasteiger partial charge >= 0.3 is 0 Å². The molecule has 0 aliphatic rings. The number of benzene rings is 2. The van der Waals surface area contributed by atoms with Gasteiger partial charge in [-0.15, -0.1) is 0 Å². The Hall–Kier alpha value is -1.82. The van der Waals surface area contributed by atoms with Crippen molar-refractivity contribution in [1.82, 2.24) is 10.2 Å². The van der Waals surface area contributed by atoms with Crippen LogP contribution >= 0.6 is 34.8 Å². The monoisotopic (exact) mass is 444 g/mol. The maximum absolute atomic E-state index is 14.2. The highest BCUT2D eigenvalue weighted by molar-refractivity contribution is 6.36. The van der Waals surface area contributed by atoms with E-state index in [-0.39, 0.29) is 29.5 Å². The highest BCUT2D eigenvalue weighted by Crippen LogP contribution is 2.28. The van der Waals surface area contributed by atoms with Gasteiger partial charge in [0.05, 0.1) is 6.42 Å². The lowest BCUT2D eigenvalue weighted by atomic mass is 10.1. The van der Waals surface area contributed by atoms with Crippen LogP contribution < -0.4 is 5.32 Å². The predicted octanol–water partition coefficient (Wildman–Crippen LogP) is 4.88. The molecule has 1 atom stereocenters. The second-order valence-electron chi connectivity index (χ2n) is 6.14. The molecule has 8 heteroatoms. The summed E-state index contributed by atoms with van der Waals surface area (Å²) in [6.07, 6.45) is 0.0690. The zero-order valence-electron chi connectivity index (χ0n) is 15.4. The van der Waals surface area contributed by atoms with Crippen LogP contribution in [0.5, 0.6) is 0 Å². The first kappa shape index (κ1) is 22.5. The van der Waals surface area contributed by atoms with Crippen LogP contribution in [-0.4, -0.2) is 29.8 Å². The van der Waals surface area contributed by atoms with Gasteiger partial charge in [0.2, 0.25) is 11.8 Å². The summed E-state index contributed by atoms with van der Waals surface area (Å²) in [5, 5.41) is 3.46. The van der Waals surface area contributed by atoms with Gasteiger partial charge in [-0.1, -0.05) is 53.9 Å². The van der Waals surface area contributed by atoms with E-state index in [9.17, 15) is 14.0 Å². The van der Waals surface area contributed by atoms with Crippen LogP contribution in [0.15, 0.2) is 36.4 Å². The van der Waals surface area contributed by atoms with Crippen molar-refractivity contribution in [1.29, 1.82) is 0 Å². The van der Waals surface area contributed by atoms with Gasteiger partial charge in [-0.3, -0.25) is 9.59 Å². The Labute approximate surface area is 178 Å². The van der Waals surface area contributed by atoms with Gasteiger partial charge in [-0.25, -0.2) is 4.39 Å². The number of carbonyl (C=O) groups excluding carboxylic acids is 2. The zero-order chi connectivity index (χ0) is 20.8. The first-order valence-electron chi connectivity index (χ1n) is 8.66. The summed E-state index contributed by atoms with van der Waals surface area (Å²) in [5.74, 6) is -1.37. The number of amides is 2. The molecule has 0 radical (unpaired) electrons. The standard InChI is InChI=1S/C20H20Cl3FN2O2/c1-3-18(20(28)25-2)26(11-13-15(22)6-4-7-16(13)23)19(27)10-12-14(21)8-5-9-17(12)24/h4-9,18H,3,10-11H2,1-2H3,(H,25,28)/t18-/m1/s1. The molecule has 0 heterocycles. The van der Waals surface area contributed by atoms with E-state index in [4.69, 9.17) is 34.8 Å². The number of nitrogens with zero attached hydrogens (tertiary/aromatic N) is 1. The van der Waals surface area contributed by atoms with Crippen LogP contribution in [0.4, 0.5) is 4.39 Å². The molecule has 150 valence electrons. The van der Waals surface area contributed by atoms with E-state index in [1.807, 2.05) is 0 Å². The van der Waals surface area contributed by atoms with Crippen LogP contribution in [0.2, 0.25) is 15.1 Å². The van der Waals surface area contributed by atoms with E-state index in [0.29, 0.717) is 22.0 Å². The largest absolute Gasteiger partial charge is 0.357 e. The number of hydrogen-bond donors (Lipinski definition) is 1. The minimum absolute atomic E-state index is 0.00926. The molecular weight excluding hydrogens is 426 g/mol. The van der Waals surface area contributed by atoms with Crippen molar-refractivity contribution in [2.75, 3.05) is 7.05 Å². The molecule has 2 aromatic rings. The molecule has 0 saturated carbocycles. The minimum atomic E-state index is -0.768. The van der Waals surface area contributed by atoms with Crippen molar-refractivity contribution in [2.45, 2.75) is 32.4 Å². The molecule has 0 spiro atoms. The number of hydrogen-bond acceptors (Lipinski definition) is 2. The number of likely N-dealkylation sites (N-methyl/N-ethyl adjacent to an activating group) is 1. The SMILES string of the molecule is CC[C@H](C(=O)NC)N(Cc1c(Cl)cccc1Cl)C(=O)Cc1c(F)cccc1Cl. The number of nitrogens with one attached hydrogen (secondary N) is 1. The number of carbonyl (C=O) groups is 2. The summed E-state index contributed by atoms with van der Waals surface area (Å²) in [6, 6.07) is 8.44. The van der Waals surface area contributed by atoms with E-state index in [1.165, 1.54) is 30.1 Å². The molecule has 0 unspecified atom stereocenters. The molecule has 0 fully saturated rings. The molecule has 0 aromatic heterocycles. The second kappa shape index (κ2) is 10.1. The van der Waals surface area contributed by atoms with Gasteiger partial charge in [0.1, 0.15) is 11.9 Å². The second-order valence-corrected chi connectivity index (χ2v) is 7.36. The van der Waals surface area contributed by atoms with Gasteiger partial charge in [-0.05, 0) is 30.7 Å². The smallest absolute Gasteiger partial charge is 0.242 e. The number of halogens is 4. The van der Waals surface area contributed by atoms with Crippen LogP contribution in [0.3, 0.4) is 0 Å². The average molecular weight is 446 g/mol. The highest BCUT2D eigenvalue weighted by Gasteiger charge is 2.30. The van der Waals surface area contributed by atoms with E-state index in [0.717, 1.165) is 0 Å². The van der Waals surface area contributed by atoms with Crippen molar-refractivity contribution in [3.05, 3.63) is 68.4 Å². The van der Waals surface area contributed by atoms with Crippen LogP contribution in [0.1, 0.15) is 24.5 Å². The Morgan fingerprint density at radius 3 is 2.07 bits per heavy atom. The molecule has 0 saturated heterocycles. The third-order valence-electron chi connectivity index (χ3n) is 4.41. The Morgan fingerprint density at radius 1 is 1.04 bits per heavy atom. The van der Waals surface area contributed by atoms with Crippen LogP contribution in [0.25, 0.3) is 0 Å². The number of rotatable bonds is 7. The molecule has 2 aromatic carbocycles. The Bertz CT molecular complexity index is 836. The maximum atomic E-state index is 14.2. The fraction of sp³-hybridized carbons (Fsp3) is 0.300. The van der Waals surface area contributed by atoms with E-state index in [1.54, 1.807) is 25.1 Å². The molecule has 2 rings (SSSR count). The van der Waals surface area contributed by atoms with Gasteiger partial charge in [0, 0.05) is 39.8 Å². The molecule has 1 N–H and O–H groups in total. The highest BCUT2D eigenvalue weighted by atomic mass is 35.5. The predicted molar refractivity (Wildman–Crippen MR) is 110 cm³/mol. The molecular formula is C20H20Cl3FN2O2. The van der Waals surface area contributed by atoms with E-state index >= 15 is 0 Å². The lowest BCUT2D eigenvalue weighted by Crippen LogP contribution is -2.48. The zero-order valence-corrected chi connectivity index (χ0v) is 17.7. The van der Waals surface area contributed by atoms with E-state index < -0.39 is 17.8 Å². The van der Waals surface area contributed by atoms with Gasteiger partial charge in [0.25, 0.3) is 0 Å². The van der Waals surface area contributed by atoms with Crippen LogP contribution in [-0.2, 0) is 22.6 Å². The summed E-state index contributed by atoms with van der Waals surface area (Å²) < 4.78 is 14.2. The fourth-order valence-corrected chi connectivity index (χ4v) is 3.64. The van der Waals surface area contributed by atoms with Gasteiger partial charge < -0.3 is 10.2 Å². The topological polar surface area (TPSA) is 49.4 Å². The maximum Gasteiger partial charge on any atom is 0.242 e. The Kier molecular flexibility index (Phi) is 8.10. The first-order chi connectivity index (χ1) is 13.3. The van der Waals surface area contributed by atoms with Crippen molar-refractivity contribution >= 4 is 46.6 Å². The molecule has 2 amide bonds. The fourth-order valence-electron chi connectivity index (χ4n) is 2.89. The molecule has 0 aliphatic heterocycles. The first-order valence-corrected chi connectivity index (χ1v) is 9.80. The lowest BCUT2D eigenvalue weighted by Gasteiger charge is -2.31. The van der Waals surface area contributed by atoms with Crippen molar-refractivity contribution in [3.63, 3.8) is 0 Å². The third kappa shape index (κ3) is 5.16. The van der Waals surface area contributed by atoms with Crippen molar-refractivity contribution < 1.29 is 14.0 Å². The lowest BCUT2D eigenvalue weighted by molar-refractivity contribution is -0.140. The molecule has 28 heavy (non-hydrogen) atoms. The average Bonchev–Trinajstić information content (AvgIpc) is 2.66. The van der Waals surface area contributed by atoms with Gasteiger partial charge in [0.15, 0.2) is 0 Å². The Morgan fingerprint density at radius 2 is 1.57 bits per heavy atom. The summed E-state index contributed by atoms with van der Waals surface area (Å²) in [4.78, 5) is 26.8. The summed E-state index contributed by atoms with van der Waals surface area (Å²) in [7, 11) is 1.49. The summed E-state index contributed by atoms with van der Waals surface area (Å²) in [5.41, 5.74) is 0.595.